The van der Waals surface area contributed by atoms with Gasteiger partial charge in [0.25, 0.3) is 0 Å². The molecule has 0 saturated carbocycles. The summed E-state index contributed by atoms with van der Waals surface area (Å²) >= 11 is 0. The van der Waals surface area contributed by atoms with Crippen LogP contribution in [0.4, 0.5) is 5.69 Å². The Balaban J connectivity index is 2.46. The lowest BCUT2D eigenvalue weighted by Crippen LogP contribution is -2.41. The molecule has 0 aliphatic rings. The normalized spacial score (nSPS) is 13.1. The number of anilines is 1. The van der Waals surface area contributed by atoms with E-state index in [1.807, 2.05) is 38.1 Å². The number of hydrogen-bond donors (Lipinski definition) is 3. The van der Waals surface area contributed by atoms with Crippen molar-refractivity contribution in [3.05, 3.63) is 29.8 Å². The number of rotatable bonds is 11. The Morgan fingerprint density at radius 3 is 2.38 bits per heavy atom. The second-order valence-electron chi connectivity index (χ2n) is 8.13. The van der Waals surface area contributed by atoms with Crippen molar-refractivity contribution in [2.24, 2.45) is 10.9 Å². The third kappa shape index (κ3) is 9.31. The highest BCUT2D eigenvalue weighted by atomic mass is 16.1. The van der Waals surface area contributed by atoms with E-state index < -0.39 is 0 Å². The van der Waals surface area contributed by atoms with Crippen LogP contribution in [-0.4, -0.2) is 49.0 Å². The molecule has 1 aromatic carbocycles. The molecular formula is C23H41N5O. The first-order valence-electron chi connectivity index (χ1n) is 10.9. The third-order valence-corrected chi connectivity index (χ3v) is 5.15. The summed E-state index contributed by atoms with van der Waals surface area (Å²) < 4.78 is 0. The molecule has 3 N–H and O–H groups in total. The number of hydrogen-bond acceptors (Lipinski definition) is 3. The standard InChI is InChI=1S/C23H41N5O/c1-8-19(6)22(29)27-21-12-9-11-20(15-21)16-26-23(24-7)25-13-10-14-28(17(2)3)18(4)5/h9,11-12,15,17-19H,8,10,13-14,16H2,1-7H3,(H,27,29)(H2,24,25,26). The summed E-state index contributed by atoms with van der Waals surface area (Å²) in [5, 5.41) is 9.72. The number of nitrogens with zero attached hydrogens (tertiary/aromatic N) is 2. The number of carbonyl (C=O) groups excluding carboxylic acids is 1. The predicted octanol–water partition coefficient (Wildman–Crippen LogP) is 3.85. The zero-order valence-electron chi connectivity index (χ0n) is 19.4. The van der Waals surface area contributed by atoms with Crippen molar-refractivity contribution < 1.29 is 4.79 Å². The highest BCUT2D eigenvalue weighted by Crippen LogP contribution is 2.13. The Morgan fingerprint density at radius 2 is 1.79 bits per heavy atom. The summed E-state index contributed by atoms with van der Waals surface area (Å²) in [7, 11) is 1.78. The lowest BCUT2D eigenvalue weighted by atomic mass is 10.1. The van der Waals surface area contributed by atoms with Crippen LogP contribution in [0.15, 0.2) is 29.3 Å². The van der Waals surface area contributed by atoms with Gasteiger partial charge in [-0.2, -0.15) is 0 Å². The minimum Gasteiger partial charge on any atom is -0.356 e. The minimum absolute atomic E-state index is 0.0159. The highest BCUT2D eigenvalue weighted by molar-refractivity contribution is 5.92. The van der Waals surface area contributed by atoms with Gasteiger partial charge in [0.2, 0.25) is 5.91 Å². The summed E-state index contributed by atoms with van der Waals surface area (Å²) in [6.07, 6.45) is 1.90. The van der Waals surface area contributed by atoms with Gasteiger partial charge in [-0.15, -0.1) is 0 Å². The Bertz CT molecular complexity index is 634. The van der Waals surface area contributed by atoms with Gasteiger partial charge in [-0.25, -0.2) is 0 Å². The molecule has 0 heterocycles. The summed E-state index contributed by atoms with van der Waals surface area (Å²) in [6.45, 7) is 15.5. The summed E-state index contributed by atoms with van der Waals surface area (Å²) in [6, 6.07) is 9.05. The average Bonchev–Trinajstić information content (AvgIpc) is 2.69. The van der Waals surface area contributed by atoms with Gasteiger partial charge >= 0.3 is 0 Å². The highest BCUT2D eigenvalue weighted by Gasteiger charge is 2.12. The Labute approximate surface area is 177 Å². The van der Waals surface area contributed by atoms with E-state index in [1.54, 1.807) is 7.05 Å². The molecule has 0 aliphatic heterocycles. The Hall–Kier alpha value is -2.08. The van der Waals surface area contributed by atoms with Crippen LogP contribution in [0.3, 0.4) is 0 Å². The van der Waals surface area contributed by atoms with Crippen molar-refractivity contribution in [2.75, 3.05) is 25.5 Å². The quantitative estimate of drug-likeness (QED) is 0.298. The number of nitrogens with one attached hydrogen (secondary N) is 3. The molecule has 164 valence electrons. The number of guanidine groups is 1. The first-order chi connectivity index (χ1) is 13.8. The molecule has 1 rings (SSSR count). The molecule has 0 fully saturated rings. The van der Waals surface area contributed by atoms with Crippen molar-refractivity contribution in [2.45, 2.75) is 73.0 Å². The smallest absolute Gasteiger partial charge is 0.227 e. The van der Waals surface area contributed by atoms with E-state index in [0.717, 1.165) is 43.1 Å². The maximum atomic E-state index is 12.1. The van der Waals surface area contributed by atoms with Crippen LogP contribution in [0.1, 0.15) is 59.9 Å². The second-order valence-corrected chi connectivity index (χ2v) is 8.13. The lowest BCUT2D eigenvalue weighted by Gasteiger charge is -2.30. The van der Waals surface area contributed by atoms with Crippen molar-refractivity contribution in [1.82, 2.24) is 15.5 Å². The van der Waals surface area contributed by atoms with Gasteiger partial charge in [-0.05, 0) is 58.2 Å². The second kappa shape index (κ2) is 13.2. The lowest BCUT2D eigenvalue weighted by molar-refractivity contribution is -0.119. The Kier molecular flexibility index (Phi) is 11.4. The van der Waals surface area contributed by atoms with E-state index in [2.05, 4.69) is 53.5 Å². The van der Waals surface area contributed by atoms with E-state index in [-0.39, 0.29) is 11.8 Å². The number of aliphatic imine (C=N–C) groups is 1. The van der Waals surface area contributed by atoms with Crippen molar-refractivity contribution in [3.8, 4) is 0 Å². The summed E-state index contributed by atoms with van der Waals surface area (Å²) in [5.74, 6) is 0.869. The summed E-state index contributed by atoms with van der Waals surface area (Å²) in [4.78, 5) is 18.9. The first kappa shape index (κ1) is 25.0. The zero-order chi connectivity index (χ0) is 21.8. The number of carbonyl (C=O) groups is 1. The molecule has 0 radical (unpaired) electrons. The molecule has 0 aliphatic carbocycles. The molecule has 6 heteroatoms. The van der Waals surface area contributed by atoms with Gasteiger partial charge < -0.3 is 16.0 Å². The molecule has 0 bridgehead atoms. The molecule has 1 amide bonds. The topological polar surface area (TPSA) is 68.8 Å². The molecule has 1 aromatic rings. The van der Waals surface area contributed by atoms with Crippen LogP contribution in [0.5, 0.6) is 0 Å². The fraction of sp³-hybridized carbons (Fsp3) is 0.652. The molecule has 0 saturated heterocycles. The minimum atomic E-state index is 0.0159. The van der Waals surface area contributed by atoms with Crippen LogP contribution in [0.2, 0.25) is 0 Å². The van der Waals surface area contributed by atoms with E-state index in [4.69, 9.17) is 0 Å². The first-order valence-corrected chi connectivity index (χ1v) is 10.9. The van der Waals surface area contributed by atoms with E-state index in [0.29, 0.717) is 18.6 Å². The molecule has 29 heavy (non-hydrogen) atoms. The van der Waals surface area contributed by atoms with Crippen molar-refractivity contribution in [1.29, 1.82) is 0 Å². The molecule has 1 unspecified atom stereocenters. The SMILES string of the molecule is CCC(C)C(=O)Nc1cccc(CNC(=NC)NCCCN(C(C)C)C(C)C)c1. The van der Waals surface area contributed by atoms with Crippen LogP contribution >= 0.6 is 0 Å². The van der Waals surface area contributed by atoms with Crippen molar-refractivity contribution in [3.63, 3.8) is 0 Å². The van der Waals surface area contributed by atoms with Gasteiger partial charge in [0.15, 0.2) is 5.96 Å². The van der Waals surface area contributed by atoms with Gasteiger partial charge in [0.1, 0.15) is 0 Å². The number of amides is 1. The summed E-state index contributed by atoms with van der Waals surface area (Å²) in [5.41, 5.74) is 1.93. The molecule has 6 nitrogen and oxygen atoms in total. The predicted molar refractivity (Wildman–Crippen MR) is 124 cm³/mol. The van der Waals surface area contributed by atoms with Gasteiger partial charge in [0, 0.05) is 50.4 Å². The van der Waals surface area contributed by atoms with Gasteiger partial charge in [-0.1, -0.05) is 26.0 Å². The van der Waals surface area contributed by atoms with E-state index in [1.165, 1.54) is 0 Å². The van der Waals surface area contributed by atoms with Gasteiger partial charge in [0.05, 0.1) is 0 Å². The zero-order valence-corrected chi connectivity index (χ0v) is 19.4. The maximum Gasteiger partial charge on any atom is 0.227 e. The maximum absolute atomic E-state index is 12.1. The Morgan fingerprint density at radius 1 is 1.10 bits per heavy atom. The largest absolute Gasteiger partial charge is 0.356 e. The molecule has 1 atom stereocenters. The molecule has 0 aromatic heterocycles. The third-order valence-electron chi connectivity index (χ3n) is 5.15. The van der Waals surface area contributed by atoms with Crippen LogP contribution < -0.4 is 16.0 Å². The van der Waals surface area contributed by atoms with Gasteiger partial charge in [-0.3, -0.25) is 14.7 Å². The average molecular weight is 404 g/mol. The monoisotopic (exact) mass is 403 g/mol. The van der Waals surface area contributed by atoms with Crippen LogP contribution in [-0.2, 0) is 11.3 Å². The molecular weight excluding hydrogens is 362 g/mol. The molecule has 0 spiro atoms. The van der Waals surface area contributed by atoms with Crippen LogP contribution in [0.25, 0.3) is 0 Å². The fourth-order valence-corrected chi connectivity index (χ4v) is 3.20. The van der Waals surface area contributed by atoms with Crippen LogP contribution in [0, 0.1) is 5.92 Å². The van der Waals surface area contributed by atoms with E-state index in [9.17, 15) is 4.79 Å². The number of benzene rings is 1. The fourth-order valence-electron chi connectivity index (χ4n) is 3.20. The van der Waals surface area contributed by atoms with Crippen molar-refractivity contribution >= 4 is 17.6 Å². The van der Waals surface area contributed by atoms with E-state index >= 15 is 0 Å².